The van der Waals surface area contributed by atoms with Gasteiger partial charge in [0, 0.05) is 18.2 Å². The molecule has 9 nitrogen and oxygen atoms in total. The molecule has 0 spiro atoms. The minimum atomic E-state index is -0.880. The zero-order chi connectivity index (χ0) is 20.4. The van der Waals surface area contributed by atoms with Crippen LogP contribution in [0.15, 0.2) is 18.2 Å². The lowest BCUT2D eigenvalue weighted by Gasteiger charge is -2.18. The molecular weight excluding hydrogens is 396 g/mol. The second-order valence-corrected chi connectivity index (χ2v) is 6.79. The Kier molecular flexibility index (Phi) is 9.59. The fourth-order valence-electron chi connectivity index (χ4n) is 2.09. The average molecular weight is 417 g/mol. The largest absolute Gasteiger partial charge is 0.355 e. The predicted octanol–water partition coefficient (Wildman–Crippen LogP) is 1.35. The second kappa shape index (κ2) is 11.4. The van der Waals surface area contributed by atoms with Gasteiger partial charge in [-0.05, 0) is 37.5 Å². The first kappa shape index (κ1) is 22.7. The zero-order valence-electron chi connectivity index (χ0n) is 14.9. The van der Waals surface area contributed by atoms with E-state index in [-0.39, 0.29) is 23.0 Å². The second-order valence-electron chi connectivity index (χ2n) is 5.40. The highest BCUT2D eigenvalue weighted by molar-refractivity contribution is 7.98. The van der Waals surface area contributed by atoms with Gasteiger partial charge in [0.25, 0.3) is 11.6 Å². The van der Waals surface area contributed by atoms with Gasteiger partial charge in [-0.2, -0.15) is 11.8 Å². The van der Waals surface area contributed by atoms with Gasteiger partial charge >= 0.3 is 0 Å². The van der Waals surface area contributed by atoms with Crippen LogP contribution in [0.25, 0.3) is 0 Å². The van der Waals surface area contributed by atoms with Crippen LogP contribution in [0.5, 0.6) is 0 Å². The average Bonchev–Trinajstić information content (AvgIpc) is 2.63. The lowest BCUT2D eigenvalue weighted by atomic mass is 10.1. The first-order valence-corrected chi connectivity index (χ1v) is 9.85. The molecule has 0 aliphatic heterocycles. The molecule has 0 unspecified atom stereocenters. The van der Waals surface area contributed by atoms with Crippen LogP contribution in [0.3, 0.4) is 0 Å². The number of nitrogens with one attached hydrogen (secondary N) is 3. The molecule has 0 bridgehead atoms. The molecule has 11 heteroatoms. The SMILES string of the molecule is CCNC(=O)CNC(=O)[C@@H](CCSC)NC(=O)c1ccc(Cl)c([N+](=O)[O-])c1. The maximum absolute atomic E-state index is 12.4. The number of carbonyl (C=O) groups excluding carboxylic acids is 3. The summed E-state index contributed by atoms with van der Waals surface area (Å²) in [6, 6.07) is 2.76. The summed E-state index contributed by atoms with van der Waals surface area (Å²) in [5.41, 5.74) is -0.387. The van der Waals surface area contributed by atoms with Crippen LogP contribution in [0, 0.1) is 10.1 Å². The minimum absolute atomic E-state index is 0.0109. The third-order valence-corrected chi connectivity index (χ3v) is 4.40. The van der Waals surface area contributed by atoms with E-state index in [0.29, 0.717) is 18.7 Å². The topological polar surface area (TPSA) is 130 Å². The standard InChI is InChI=1S/C16H21ClN4O5S/c1-3-18-14(22)9-19-16(24)12(6-7-27-2)20-15(23)10-4-5-11(17)13(8-10)21(25)26/h4-5,8,12H,3,6-7,9H2,1-2H3,(H,18,22)(H,19,24)(H,20,23)/t12-/m1/s1. The number of halogens is 1. The molecular formula is C16H21ClN4O5S. The quantitative estimate of drug-likeness (QED) is 0.390. The van der Waals surface area contributed by atoms with Crippen LogP contribution in [-0.4, -0.2) is 53.8 Å². The van der Waals surface area contributed by atoms with E-state index in [0.717, 1.165) is 6.07 Å². The number of thioether (sulfide) groups is 1. The van der Waals surface area contributed by atoms with Crippen molar-refractivity contribution >= 4 is 46.8 Å². The smallest absolute Gasteiger partial charge is 0.288 e. The third-order valence-electron chi connectivity index (χ3n) is 3.43. The Balaban J connectivity index is 2.84. The molecule has 1 aromatic rings. The molecule has 27 heavy (non-hydrogen) atoms. The summed E-state index contributed by atoms with van der Waals surface area (Å²) < 4.78 is 0. The summed E-state index contributed by atoms with van der Waals surface area (Å²) in [6.45, 7) is 1.99. The van der Waals surface area contributed by atoms with Crippen molar-refractivity contribution in [2.75, 3.05) is 25.1 Å². The summed E-state index contributed by atoms with van der Waals surface area (Å²) in [4.78, 5) is 46.4. The Labute approximate surface area is 165 Å². The van der Waals surface area contributed by atoms with Crippen molar-refractivity contribution in [3.8, 4) is 0 Å². The summed E-state index contributed by atoms with van der Waals surface area (Å²) in [7, 11) is 0. The first-order valence-electron chi connectivity index (χ1n) is 8.08. The lowest BCUT2D eigenvalue weighted by Crippen LogP contribution is -2.49. The van der Waals surface area contributed by atoms with Crippen molar-refractivity contribution in [2.45, 2.75) is 19.4 Å². The fourth-order valence-corrected chi connectivity index (χ4v) is 2.75. The molecule has 0 saturated carbocycles. The number of hydrogen-bond acceptors (Lipinski definition) is 6. The highest BCUT2D eigenvalue weighted by Gasteiger charge is 2.23. The Hall–Kier alpha value is -2.33. The van der Waals surface area contributed by atoms with E-state index >= 15 is 0 Å². The minimum Gasteiger partial charge on any atom is -0.355 e. The number of nitrogens with zero attached hydrogens (tertiary/aromatic N) is 1. The summed E-state index contributed by atoms with van der Waals surface area (Å²) in [6.07, 6.45) is 2.19. The van der Waals surface area contributed by atoms with E-state index in [1.807, 2.05) is 6.26 Å². The van der Waals surface area contributed by atoms with Crippen LogP contribution in [0.1, 0.15) is 23.7 Å². The molecule has 0 fully saturated rings. The van der Waals surface area contributed by atoms with Gasteiger partial charge in [-0.1, -0.05) is 11.6 Å². The van der Waals surface area contributed by atoms with Crippen LogP contribution < -0.4 is 16.0 Å². The molecule has 3 N–H and O–H groups in total. The summed E-state index contributed by atoms with van der Waals surface area (Å²) in [5.74, 6) is -0.893. The Bertz CT molecular complexity index is 716. The van der Waals surface area contributed by atoms with E-state index in [1.54, 1.807) is 6.92 Å². The highest BCUT2D eigenvalue weighted by atomic mass is 35.5. The number of likely N-dealkylation sites (N-methyl/N-ethyl adjacent to an activating group) is 1. The van der Waals surface area contributed by atoms with Crippen LogP contribution in [0.4, 0.5) is 5.69 Å². The zero-order valence-corrected chi connectivity index (χ0v) is 16.5. The number of benzene rings is 1. The number of nitro groups is 1. The van der Waals surface area contributed by atoms with Gasteiger partial charge in [-0.25, -0.2) is 0 Å². The summed E-state index contributed by atoms with van der Waals surface area (Å²) in [5, 5.41) is 18.4. The molecule has 1 aromatic carbocycles. The molecule has 0 aliphatic carbocycles. The lowest BCUT2D eigenvalue weighted by molar-refractivity contribution is -0.384. The van der Waals surface area contributed by atoms with Crippen molar-refractivity contribution in [3.05, 3.63) is 38.9 Å². The maximum Gasteiger partial charge on any atom is 0.288 e. The van der Waals surface area contributed by atoms with Gasteiger partial charge in [0.15, 0.2) is 0 Å². The normalized spacial score (nSPS) is 11.4. The molecule has 0 saturated heterocycles. The summed E-state index contributed by atoms with van der Waals surface area (Å²) >= 11 is 7.23. The molecule has 0 heterocycles. The number of rotatable bonds is 10. The van der Waals surface area contributed by atoms with Gasteiger partial charge in [0.05, 0.1) is 11.5 Å². The van der Waals surface area contributed by atoms with Gasteiger partial charge in [0.2, 0.25) is 11.8 Å². The number of nitro benzene ring substituents is 1. The van der Waals surface area contributed by atoms with Crippen molar-refractivity contribution in [1.82, 2.24) is 16.0 Å². The number of carbonyl (C=O) groups is 3. The van der Waals surface area contributed by atoms with E-state index in [4.69, 9.17) is 11.6 Å². The maximum atomic E-state index is 12.4. The van der Waals surface area contributed by atoms with Gasteiger partial charge in [0.1, 0.15) is 11.1 Å². The first-order chi connectivity index (χ1) is 12.8. The Morgan fingerprint density at radius 1 is 1.30 bits per heavy atom. The molecule has 1 atom stereocenters. The van der Waals surface area contributed by atoms with E-state index < -0.39 is 28.5 Å². The molecule has 0 aliphatic rings. The number of amides is 3. The van der Waals surface area contributed by atoms with E-state index in [9.17, 15) is 24.5 Å². The van der Waals surface area contributed by atoms with Crippen LogP contribution in [-0.2, 0) is 9.59 Å². The Morgan fingerprint density at radius 3 is 2.59 bits per heavy atom. The van der Waals surface area contributed by atoms with Gasteiger partial charge in [-0.15, -0.1) is 0 Å². The molecule has 1 rings (SSSR count). The monoisotopic (exact) mass is 416 g/mol. The van der Waals surface area contributed by atoms with Gasteiger partial charge in [-0.3, -0.25) is 24.5 Å². The van der Waals surface area contributed by atoms with Crippen molar-refractivity contribution in [2.24, 2.45) is 0 Å². The molecule has 0 radical (unpaired) electrons. The molecule has 3 amide bonds. The fraction of sp³-hybridized carbons (Fsp3) is 0.438. The van der Waals surface area contributed by atoms with Crippen molar-refractivity contribution in [3.63, 3.8) is 0 Å². The molecule has 0 aromatic heterocycles. The van der Waals surface area contributed by atoms with Gasteiger partial charge < -0.3 is 16.0 Å². The Morgan fingerprint density at radius 2 is 2.00 bits per heavy atom. The highest BCUT2D eigenvalue weighted by Crippen LogP contribution is 2.25. The van der Waals surface area contributed by atoms with Crippen molar-refractivity contribution < 1.29 is 19.3 Å². The third kappa shape index (κ3) is 7.43. The van der Waals surface area contributed by atoms with E-state index in [1.165, 1.54) is 23.9 Å². The molecule has 148 valence electrons. The van der Waals surface area contributed by atoms with Crippen molar-refractivity contribution in [1.29, 1.82) is 0 Å². The van der Waals surface area contributed by atoms with E-state index in [2.05, 4.69) is 16.0 Å². The van der Waals surface area contributed by atoms with Crippen LogP contribution >= 0.6 is 23.4 Å². The predicted molar refractivity (Wildman–Crippen MR) is 104 cm³/mol. The number of hydrogen-bond donors (Lipinski definition) is 3. The van der Waals surface area contributed by atoms with Crippen LogP contribution in [0.2, 0.25) is 5.02 Å².